The first-order valence-electron chi connectivity index (χ1n) is 8.64. The molecule has 132 valence electrons. The van der Waals surface area contributed by atoms with E-state index in [0.29, 0.717) is 25.9 Å². The number of nitrogens with zero attached hydrogens (tertiary/aromatic N) is 4. The minimum Gasteiger partial charge on any atom is -0.351 e. The third-order valence-electron chi connectivity index (χ3n) is 4.35. The molecule has 1 atom stereocenters. The Morgan fingerprint density at radius 1 is 1.24 bits per heavy atom. The molecule has 2 aromatic rings. The van der Waals surface area contributed by atoms with E-state index in [9.17, 15) is 9.59 Å². The molecule has 0 bridgehead atoms. The Balaban J connectivity index is 1.37. The van der Waals surface area contributed by atoms with Crippen LogP contribution in [0.25, 0.3) is 0 Å². The van der Waals surface area contributed by atoms with Crippen LogP contribution in [0.2, 0.25) is 0 Å². The van der Waals surface area contributed by atoms with Gasteiger partial charge in [-0.2, -0.15) is 5.10 Å². The van der Waals surface area contributed by atoms with E-state index in [1.165, 1.54) is 11.9 Å². The molecular formula is C18H23N5O2. The molecule has 2 amide bonds. The SMILES string of the molecule is O=C(CCn1cncn1)NC1CC(=O)N(CCCc2ccccc2)C1. The summed E-state index contributed by atoms with van der Waals surface area (Å²) in [5.41, 5.74) is 1.28. The zero-order valence-corrected chi connectivity index (χ0v) is 14.2. The molecule has 7 heteroatoms. The first kappa shape index (κ1) is 17.1. The summed E-state index contributed by atoms with van der Waals surface area (Å²) in [5, 5.41) is 6.91. The predicted octanol–water partition coefficient (Wildman–Crippen LogP) is 1.02. The fraction of sp³-hybridized carbons (Fsp3) is 0.444. The standard InChI is InChI=1S/C18H23N5O2/c24-17(8-10-23-14-19-13-20-23)21-16-11-18(25)22(12-16)9-4-7-15-5-2-1-3-6-15/h1-3,5-6,13-14,16H,4,7-12H2,(H,21,24). The minimum absolute atomic E-state index is 0.0561. The van der Waals surface area contributed by atoms with Gasteiger partial charge in [-0.1, -0.05) is 30.3 Å². The van der Waals surface area contributed by atoms with Crippen LogP contribution >= 0.6 is 0 Å². The van der Waals surface area contributed by atoms with Crippen molar-refractivity contribution in [3.05, 3.63) is 48.5 Å². The van der Waals surface area contributed by atoms with Crippen molar-refractivity contribution in [1.82, 2.24) is 25.0 Å². The van der Waals surface area contributed by atoms with E-state index in [0.717, 1.165) is 19.4 Å². The number of hydrogen-bond donors (Lipinski definition) is 1. The number of rotatable bonds is 8. The van der Waals surface area contributed by atoms with Crippen molar-refractivity contribution in [1.29, 1.82) is 0 Å². The maximum absolute atomic E-state index is 12.1. The van der Waals surface area contributed by atoms with Gasteiger partial charge in [0.1, 0.15) is 12.7 Å². The van der Waals surface area contributed by atoms with Gasteiger partial charge in [0.2, 0.25) is 11.8 Å². The van der Waals surface area contributed by atoms with Gasteiger partial charge in [-0.05, 0) is 18.4 Å². The number of carbonyl (C=O) groups excluding carboxylic acids is 2. The third-order valence-corrected chi connectivity index (χ3v) is 4.35. The number of likely N-dealkylation sites (tertiary alicyclic amines) is 1. The summed E-state index contributed by atoms with van der Waals surface area (Å²) in [4.78, 5) is 29.8. The van der Waals surface area contributed by atoms with Crippen LogP contribution in [0.3, 0.4) is 0 Å². The van der Waals surface area contributed by atoms with E-state index in [1.807, 2.05) is 23.1 Å². The van der Waals surface area contributed by atoms with Crippen molar-refractivity contribution in [2.75, 3.05) is 13.1 Å². The largest absolute Gasteiger partial charge is 0.351 e. The van der Waals surface area contributed by atoms with E-state index in [4.69, 9.17) is 0 Å². The molecule has 1 aromatic carbocycles. The van der Waals surface area contributed by atoms with E-state index >= 15 is 0 Å². The second kappa shape index (κ2) is 8.41. The minimum atomic E-state index is -0.0903. The van der Waals surface area contributed by atoms with Gasteiger partial charge in [0, 0.05) is 25.9 Å². The highest BCUT2D eigenvalue weighted by Crippen LogP contribution is 2.13. The number of benzene rings is 1. The maximum atomic E-state index is 12.1. The Hall–Kier alpha value is -2.70. The summed E-state index contributed by atoms with van der Waals surface area (Å²) in [6, 6.07) is 10.2. The molecule has 0 saturated carbocycles. The normalized spacial score (nSPS) is 17.0. The zero-order chi connectivity index (χ0) is 17.5. The lowest BCUT2D eigenvalue weighted by atomic mass is 10.1. The summed E-state index contributed by atoms with van der Waals surface area (Å²) in [7, 11) is 0. The molecule has 1 aliphatic heterocycles. The van der Waals surface area contributed by atoms with Gasteiger partial charge in [0.15, 0.2) is 0 Å². The van der Waals surface area contributed by atoms with Crippen LogP contribution in [-0.2, 0) is 22.6 Å². The van der Waals surface area contributed by atoms with Gasteiger partial charge in [0.25, 0.3) is 0 Å². The monoisotopic (exact) mass is 341 g/mol. The molecule has 7 nitrogen and oxygen atoms in total. The molecule has 1 fully saturated rings. The summed E-state index contributed by atoms with van der Waals surface area (Å²) >= 11 is 0. The van der Waals surface area contributed by atoms with Crippen LogP contribution in [0, 0.1) is 0 Å². The first-order valence-corrected chi connectivity index (χ1v) is 8.64. The van der Waals surface area contributed by atoms with Crippen LogP contribution in [0.15, 0.2) is 43.0 Å². The van der Waals surface area contributed by atoms with Crippen molar-refractivity contribution in [3.8, 4) is 0 Å². The molecular weight excluding hydrogens is 318 g/mol. The van der Waals surface area contributed by atoms with E-state index < -0.39 is 0 Å². The molecule has 2 heterocycles. The highest BCUT2D eigenvalue weighted by atomic mass is 16.2. The number of aromatic nitrogens is 3. The molecule has 1 aliphatic rings. The predicted molar refractivity (Wildman–Crippen MR) is 92.5 cm³/mol. The Morgan fingerprint density at radius 2 is 2.08 bits per heavy atom. The quantitative estimate of drug-likeness (QED) is 0.777. The lowest BCUT2D eigenvalue weighted by molar-refractivity contribution is -0.127. The van der Waals surface area contributed by atoms with Crippen molar-refractivity contribution in [2.24, 2.45) is 0 Å². The zero-order valence-electron chi connectivity index (χ0n) is 14.2. The number of nitrogens with one attached hydrogen (secondary N) is 1. The van der Waals surface area contributed by atoms with E-state index in [1.54, 1.807) is 11.0 Å². The summed E-state index contributed by atoms with van der Waals surface area (Å²) in [6.07, 6.45) is 5.65. The van der Waals surface area contributed by atoms with Crippen LogP contribution in [0.5, 0.6) is 0 Å². The van der Waals surface area contributed by atoms with Crippen molar-refractivity contribution in [2.45, 2.75) is 38.3 Å². The molecule has 0 spiro atoms. The lowest BCUT2D eigenvalue weighted by Gasteiger charge is -2.17. The molecule has 0 radical (unpaired) electrons. The Labute approximate surface area is 147 Å². The Kier molecular flexibility index (Phi) is 5.77. The van der Waals surface area contributed by atoms with Gasteiger partial charge in [-0.15, -0.1) is 0 Å². The number of amides is 2. The summed E-state index contributed by atoms with van der Waals surface area (Å²) < 4.78 is 1.62. The van der Waals surface area contributed by atoms with Crippen LogP contribution < -0.4 is 5.32 Å². The third kappa shape index (κ3) is 5.14. The Bertz CT molecular complexity index is 687. The van der Waals surface area contributed by atoms with Crippen LogP contribution in [-0.4, -0.2) is 50.6 Å². The number of carbonyl (C=O) groups is 2. The van der Waals surface area contributed by atoms with Gasteiger partial charge < -0.3 is 10.2 Å². The van der Waals surface area contributed by atoms with Crippen molar-refractivity contribution < 1.29 is 9.59 Å². The molecule has 1 saturated heterocycles. The van der Waals surface area contributed by atoms with Gasteiger partial charge in [0.05, 0.1) is 12.6 Å². The fourth-order valence-corrected chi connectivity index (χ4v) is 3.07. The number of hydrogen-bond acceptors (Lipinski definition) is 4. The van der Waals surface area contributed by atoms with E-state index in [-0.39, 0.29) is 17.9 Å². The molecule has 1 unspecified atom stereocenters. The molecule has 3 rings (SSSR count). The van der Waals surface area contributed by atoms with E-state index in [2.05, 4.69) is 27.5 Å². The van der Waals surface area contributed by atoms with Crippen LogP contribution in [0.1, 0.15) is 24.8 Å². The van der Waals surface area contributed by atoms with Crippen molar-refractivity contribution in [3.63, 3.8) is 0 Å². The molecule has 0 aliphatic carbocycles. The highest BCUT2D eigenvalue weighted by Gasteiger charge is 2.29. The first-order chi connectivity index (χ1) is 12.2. The van der Waals surface area contributed by atoms with Crippen LogP contribution in [0.4, 0.5) is 0 Å². The molecule has 1 aromatic heterocycles. The summed E-state index contributed by atoms with van der Waals surface area (Å²) in [5.74, 6) is 0.0640. The number of aryl methyl sites for hydroxylation is 2. The average molecular weight is 341 g/mol. The fourth-order valence-electron chi connectivity index (χ4n) is 3.07. The second-order valence-corrected chi connectivity index (χ2v) is 6.31. The average Bonchev–Trinajstić information content (AvgIpc) is 3.24. The second-order valence-electron chi connectivity index (χ2n) is 6.31. The Morgan fingerprint density at radius 3 is 2.84 bits per heavy atom. The molecule has 25 heavy (non-hydrogen) atoms. The highest BCUT2D eigenvalue weighted by molar-refractivity contribution is 5.82. The van der Waals surface area contributed by atoms with Gasteiger partial charge in [-0.25, -0.2) is 4.98 Å². The molecule has 1 N–H and O–H groups in total. The van der Waals surface area contributed by atoms with Gasteiger partial charge in [-0.3, -0.25) is 14.3 Å². The smallest absolute Gasteiger partial charge is 0.224 e. The summed E-state index contributed by atoms with van der Waals surface area (Å²) in [6.45, 7) is 1.83. The van der Waals surface area contributed by atoms with Crippen molar-refractivity contribution >= 4 is 11.8 Å². The topological polar surface area (TPSA) is 80.1 Å². The lowest BCUT2D eigenvalue weighted by Crippen LogP contribution is -2.37. The van der Waals surface area contributed by atoms with Gasteiger partial charge >= 0.3 is 0 Å². The maximum Gasteiger partial charge on any atom is 0.224 e.